The SMILES string of the molecule is OCc1cnc(CCC(F)(F)F)s1. The van der Waals surface area contributed by atoms with Crippen molar-refractivity contribution in [3.05, 3.63) is 16.1 Å². The van der Waals surface area contributed by atoms with Crippen LogP contribution in [-0.2, 0) is 13.0 Å². The fourth-order valence-corrected chi connectivity index (χ4v) is 1.57. The first kappa shape index (κ1) is 10.5. The van der Waals surface area contributed by atoms with Crippen LogP contribution in [0, 0.1) is 0 Å². The molecule has 1 heterocycles. The van der Waals surface area contributed by atoms with Gasteiger partial charge in [0.1, 0.15) is 0 Å². The number of hydrogen-bond donors (Lipinski definition) is 1. The molecule has 6 heteroatoms. The molecule has 0 saturated heterocycles. The van der Waals surface area contributed by atoms with Crippen LogP contribution in [0.5, 0.6) is 0 Å². The van der Waals surface area contributed by atoms with Gasteiger partial charge in [0.2, 0.25) is 0 Å². The van der Waals surface area contributed by atoms with Gasteiger partial charge in [0.15, 0.2) is 0 Å². The number of hydrogen-bond acceptors (Lipinski definition) is 3. The Morgan fingerprint density at radius 1 is 1.46 bits per heavy atom. The summed E-state index contributed by atoms with van der Waals surface area (Å²) in [5.74, 6) is 0. The van der Waals surface area contributed by atoms with E-state index in [1.165, 1.54) is 6.20 Å². The zero-order valence-electron chi connectivity index (χ0n) is 6.64. The zero-order valence-corrected chi connectivity index (χ0v) is 7.45. The molecule has 0 atom stereocenters. The molecule has 1 aromatic rings. The molecule has 0 aliphatic rings. The third-order valence-electron chi connectivity index (χ3n) is 1.38. The molecule has 0 radical (unpaired) electrons. The van der Waals surface area contributed by atoms with Crippen molar-refractivity contribution >= 4 is 11.3 Å². The minimum atomic E-state index is -4.13. The Kier molecular flexibility index (Phi) is 3.27. The monoisotopic (exact) mass is 211 g/mol. The van der Waals surface area contributed by atoms with Crippen molar-refractivity contribution in [2.75, 3.05) is 0 Å². The van der Waals surface area contributed by atoms with Gasteiger partial charge < -0.3 is 5.11 Å². The van der Waals surface area contributed by atoms with Crippen molar-refractivity contribution < 1.29 is 18.3 Å². The number of nitrogens with zero attached hydrogens (tertiary/aromatic N) is 1. The first-order chi connectivity index (χ1) is 6.01. The van der Waals surface area contributed by atoms with E-state index in [0.29, 0.717) is 9.88 Å². The van der Waals surface area contributed by atoms with Crippen molar-refractivity contribution in [2.45, 2.75) is 25.6 Å². The standard InChI is InChI=1S/C7H8F3NOS/c8-7(9,10)2-1-6-11-3-5(4-12)13-6/h3,12H,1-2,4H2. The minimum absolute atomic E-state index is 0.103. The summed E-state index contributed by atoms with van der Waals surface area (Å²) in [4.78, 5) is 4.34. The Morgan fingerprint density at radius 3 is 2.62 bits per heavy atom. The number of halogens is 3. The summed E-state index contributed by atoms with van der Waals surface area (Å²) in [6.45, 7) is -0.163. The topological polar surface area (TPSA) is 33.1 Å². The highest BCUT2D eigenvalue weighted by atomic mass is 32.1. The molecular weight excluding hydrogens is 203 g/mol. The number of aryl methyl sites for hydroxylation is 1. The highest BCUT2D eigenvalue weighted by molar-refractivity contribution is 7.11. The van der Waals surface area contributed by atoms with Crippen LogP contribution in [-0.4, -0.2) is 16.3 Å². The van der Waals surface area contributed by atoms with Gasteiger partial charge in [-0.2, -0.15) is 13.2 Å². The predicted octanol–water partition coefficient (Wildman–Crippen LogP) is 2.13. The number of aliphatic hydroxyl groups is 1. The number of aliphatic hydroxyl groups excluding tert-OH is 1. The molecule has 1 aromatic heterocycles. The smallest absolute Gasteiger partial charge is 0.389 e. The fraction of sp³-hybridized carbons (Fsp3) is 0.571. The summed E-state index contributed by atoms with van der Waals surface area (Å²) in [6.07, 6.45) is -3.69. The Morgan fingerprint density at radius 2 is 2.15 bits per heavy atom. The molecule has 0 saturated carbocycles. The van der Waals surface area contributed by atoms with Gasteiger partial charge in [-0.25, -0.2) is 4.98 Å². The van der Waals surface area contributed by atoms with Gasteiger partial charge in [-0.05, 0) is 0 Å². The normalized spacial score (nSPS) is 12.0. The van der Waals surface area contributed by atoms with E-state index < -0.39 is 12.6 Å². The molecule has 0 amide bonds. The number of thiazole rings is 1. The van der Waals surface area contributed by atoms with Crippen LogP contribution in [0.2, 0.25) is 0 Å². The molecule has 1 rings (SSSR count). The van der Waals surface area contributed by atoms with Crippen molar-refractivity contribution in [2.24, 2.45) is 0 Å². The Bertz CT molecular complexity index is 271. The molecule has 0 aliphatic heterocycles. The molecule has 0 bridgehead atoms. The van der Waals surface area contributed by atoms with Crippen molar-refractivity contribution in [3.63, 3.8) is 0 Å². The Balaban J connectivity index is 2.46. The van der Waals surface area contributed by atoms with Gasteiger partial charge in [-0.1, -0.05) is 0 Å². The second-order valence-corrected chi connectivity index (χ2v) is 3.69. The molecule has 0 fully saturated rings. The lowest BCUT2D eigenvalue weighted by Crippen LogP contribution is -2.08. The first-order valence-corrected chi connectivity index (χ1v) is 4.44. The van der Waals surface area contributed by atoms with E-state index in [2.05, 4.69) is 4.98 Å². The minimum Gasteiger partial charge on any atom is -0.391 e. The molecule has 0 spiro atoms. The van der Waals surface area contributed by atoms with Gasteiger partial charge in [-0.3, -0.25) is 0 Å². The summed E-state index contributed by atoms with van der Waals surface area (Å²) >= 11 is 1.11. The lowest BCUT2D eigenvalue weighted by Gasteiger charge is -2.02. The summed E-state index contributed by atoms with van der Waals surface area (Å²) in [6, 6.07) is 0. The fourth-order valence-electron chi connectivity index (χ4n) is 0.785. The molecule has 0 aromatic carbocycles. The maximum absolute atomic E-state index is 11.8. The lowest BCUT2D eigenvalue weighted by atomic mass is 10.3. The third kappa shape index (κ3) is 3.73. The molecule has 0 unspecified atom stereocenters. The van der Waals surface area contributed by atoms with Gasteiger partial charge in [0.25, 0.3) is 0 Å². The zero-order chi connectivity index (χ0) is 9.90. The lowest BCUT2D eigenvalue weighted by molar-refractivity contribution is -0.133. The highest BCUT2D eigenvalue weighted by Crippen LogP contribution is 2.23. The van der Waals surface area contributed by atoms with Crippen LogP contribution >= 0.6 is 11.3 Å². The van der Waals surface area contributed by atoms with Gasteiger partial charge >= 0.3 is 6.18 Å². The molecule has 2 nitrogen and oxygen atoms in total. The van der Waals surface area contributed by atoms with E-state index in [4.69, 9.17) is 5.11 Å². The third-order valence-corrected chi connectivity index (χ3v) is 2.42. The van der Waals surface area contributed by atoms with Gasteiger partial charge in [0.05, 0.1) is 16.5 Å². The van der Waals surface area contributed by atoms with E-state index in [1.54, 1.807) is 0 Å². The van der Waals surface area contributed by atoms with Crippen molar-refractivity contribution in [1.29, 1.82) is 0 Å². The van der Waals surface area contributed by atoms with Crippen LogP contribution in [0.3, 0.4) is 0 Å². The van der Waals surface area contributed by atoms with Crippen molar-refractivity contribution in [1.82, 2.24) is 4.98 Å². The maximum Gasteiger partial charge on any atom is 0.389 e. The summed E-state index contributed by atoms with van der Waals surface area (Å²) in [7, 11) is 0. The highest BCUT2D eigenvalue weighted by Gasteiger charge is 2.26. The van der Waals surface area contributed by atoms with Crippen molar-refractivity contribution in [3.8, 4) is 0 Å². The molecule has 0 aliphatic carbocycles. The predicted molar refractivity (Wildman–Crippen MR) is 42.4 cm³/mol. The van der Waals surface area contributed by atoms with Gasteiger partial charge in [-0.15, -0.1) is 11.3 Å². The first-order valence-electron chi connectivity index (χ1n) is 3.62. The van der Waals surface area contributed by atoms with Crippen LogP contribution in [0.25, 0.3) is 0 Å². The molecule has 1 N–H and O–H groups in total. The average molecular weight is 211 g/mol. The Labute approximate surface area is 77.0 Å². The molecule has 74 valence electrons. The second-order valence-electron chi connectivity index (χ2n) is 2.49. The average Bonchev–Trinajstić information content (AvgIpc) is 2.47. The number of alkyl halides is 3. The van der Waals surface area contributed by atoms with Gasteiger partial charge in [0, 0.05) is 19.0 Å². The second kappa shape index (κ2) is 4.06. The molecule has 13 heavy (non-hydrogen) atoms. The maximum atomic E-state index is 11.8. The van der Waals surface area contributed by atoms with E-state index in [9.17, 15) is 13.2 Å². The Hall–Kier alpha value is -0.620. The van der Waals surface area contributed by atoms with Crippen LogP contribution < -0.4 is 0 Å². The summed E-state index contributed by atoms with van der Waals surface area (Å²) < 4.78 is 35.3. The number of rotatable bonds is 3. The van der Waals surface area contributed by atoms with Crippen LogP contribution in [0.1, 0.15) is 16.3 Å². The van der Waals surface area contributed by atoms with E-state index in [0.717, 1.165) is 11.3 Å². The molecular formula is C7H8F3NOS. The van der Waals surface area contributed by atoms with E-state index >= 15 is 0 Å². The van der Waals surface area contributed by atoms with E-state index in [-0.39, 0.29) is 13.0 Å². The number of aromatic nitrogens is 1. The summed E-state index contributed by atoms with van der Waals surface area (Å²) in [5.41, 5.74) is 0. The largest absolute Gasteiger partial charge is 0.391 e. The summed E-state index contributed by atoms with van der Waals surface area (Å²) in [5, 5.41) is 9.05. The van der Waals surface area contributed by atoms with E-state index in [1.807, 2.05) is 0 Å². The quantitative estimate of drug-likeness (QED) is 0.830. The van der Waals surface area contributed by atoms with Crippen LogP contribution in [0.4, 0.5) is 13.2 Å². The van der Waals surface area contributed by atoms with Crippen LogP contribution in [0.15, 0.2) is 6.20 Å².